The molecule has 0 aliphatic rings. The number of benzene rings is 2. The highest BCUT2D eigenvalue weighted by molar-refractivity contribution is 5.86. The van der Waals surface area contributed by atoms with E-state index in [0.717, 1.165) is 34.4 Å². The van der Waals surface area contributed by atoms with E-state index in [-0.39, 0.29) is 22.7 Å². The van der Waals surface area contributed by atoms with Gasteiger partial charge >= 0.3 is 5.69 Å². The largest absolute Gasteiger partial charge is 0.332 e. The van der Waals surface area contributed by atoms with E-state index in [2.05, 4.69) is 37.3 Å². The minimum absolute atomic E-state index is 0.233. The van der Waals surface area contributed by atoms with E-state index in [1.807, 2.05) is 26.0 Å². The molecule has 6 heteroatoms. The van der Waals surface area contributed by atoms with Crippen molar-refractivity contribution >= 4 is 21.9 Å². The maximum absolute atomic E-state index is 12.9. The molecule has 0 amide bonds. The Labute approximate surface area is 181 Å². The molecule has 2 aromatic carbocycles. The van der Waals surface area contributed by atoms with Crippen molar-refractivity contribution in [3.05, 3.63) is 80.3 Å². The molecule has 0 bridgehead atoms. The van der Waals surface area contributed by atoms with Crippen LogP contribution in [0.2, 0.25) is 0 Å². The molecular weight excluding hydrogens is 388 g/mol. The normalized spacial score (nSPS) is 11.6. The van der Waals surface area contributed by atoms with Crippen molar-refractivity contribution in [2.24, 2.45) is 13.0 Å². The molecule has 0 N–H and O–H groups in total. The highest BCUT2D eigenvalue weighted by atomic mass is 16.2. The van der Waals surface area contributed by atoms with Gasteiger partial charge in [-0.1, -0.05) is 69.7 Å². The summed E-state index contributed by atoms with van der Waals surface area (Å²) in [6.45, 7) is 6.66. The maximum atomic E-state index is 12.9. The lowest BCUT2D eigenvalue weighted by Gasteiger charge is -2.16. The molecule has 0 atom stereocenters. The molecule has 2 heterocycles. The molecule has 4 rings (SSSR count). The second-order valence-corrected chi connectivity index (χ2v) is 8.51. The molecule has 31 heavy (non-hydrogen) atoms. The third-order valence-corrected chi connectivity index (χ3v) is 5.59. The van der Waals surface area contributed by atoms with E-state index in [4.69, 9.17) is 9.97 Å². The highest BCUT2D eigenvalue weighted by Gasteiger charge is 2.18. The second kappa shape index (κ2) is 8.46. The SMILES string of the molecule is CCCc1nc2c(=O)n(C)c(=O)n(CC(C)C)c2nc1Cc1cccc2ccccc12. The van der Waals surface area contributed by atoms with Crippen LogP contribution < -0.4 is 11.2 Å². The number of hydrogen-bond donors (Lipinski definition) is 0. The molecule has 0 aliphatic carbocycles. The molecule has 0 fully saturated rings. The van der Waals surface area contributed by atoms with Gasteiger partial charge in [-0.2, -0.15) is 0 Å². The van der Waals surface area contributed by atoms with E-state index in [9.17, 15) is 9.59 Å². The third-order valence-electron chi connectivity index (χ3n) is 5.59. The highest BCUT2D eigenvalue weighted by Crippen LogP contribution is 2.23. The summed E-state index contributed by atoms with van der Waals surface area (Å²) in [5.41, 5.74) is 2.74. The number of hydrogen-bond acceptors (Lipinski definition) is 4. The van der Waals surface area contributed by atoms with E-state index >= 15 is 0 Å². The summed E-state index contributed by atoms with van der Waals surface area (Å²) in [4.78, 5) is 35.3. The molecule has 160 valence electrons. The van der Waals surface area contributed by atoms with E-state index in [1.54, 1.807) is 4.57 Å². The van der Waals surface area contributed by atoms with E-state index < -0.39 is 0 Å². The Balaban J connectivity index is 1.97. The Morgan fingerprint density at radius 1 is 0.968 bits per heavy atom. The minimum Gasteiger partial charge on any atom is -0.276 e. The van der Waals surface area contributed by atoms with Gasteiger partial charge in [0, 0.05) is 20.0 Å². The molecular formula is C25H28N4O2. The van der Waals surface area contributed by atoms with Crippen molar-refractivity contribution in [3.63, 3.8) is 0 Å². The van der Waals surface area contributed by atoms with E-state index in [1.165, 1.54) is 17.8 Å². The summed E-state index contributed by atoms with van der Waals surface area (Å²) >= 11 is 0. The van der Waals surface area contributed by atoms with Crippen LogP contribution in [-0.4, -0.2) is 19.1 Å². The van der Waals surface area contributed by atoms with Crippen LogP contribution in [-0.2, 0) is 26.4 Å². The molecule has 0 radical (unpaired) electrons. The summed E-state index contributed by atoms with van der Waals surface area (Å²) in [5, 5.41) is 2.36. The zero-order valence-electron chi connectivity index (χ0n) is 18.6. The molecule has 4 aromatic rings. The molecule has 0 saturated heterocycles. The zero-order valence-corrected chi connectivity index (χ0v) is 18.6. The predicted molar refractivity (Wildman–Crippen MR) is 125 cm³/mol. The number of aromatic nitrogens is 4. The van der Waals surface area contributed by atoms with Gasteiger partial charge in [0.25, 0.3) is 5.56 Å². The summed E-state index contributed by atoms with van der Waals surface area (Å²) in [6, 6.07) is 14.5. The molecule has 6 nitrogen and oxygen atoms in total. The van der Waals surface area contributed by atoms with Gasteiger partial charge < -0.3 is 0 Å². The van der Waals surface area contributed by atoms with Crippen LogP contribution >= 0.6 is 0 Å². The van der Waals surface area contributed by atoms with Crippen molar-refractivity contribution in [3.8, 4) is 0 Å². The first-order valence-corrected chi connectivity index (χ1v) is 10.9. The van der Waals surface area contributed by atoms with E-state index in [0.29, 0.717) is 18.6 Å². The molecule has 0 unspecified atom stereocenters. The third kappa shape index (κ3) is 3.90. The monoisotopic (exact) mass is 416 g/mol. The topological polar surface area (TPSA) is 69.8 Å². The fourth-order valence-corrected chi connectivity index (χ4v) is 4.08. The van der Waals surface area contributed by atoms with Crippen molar-refractivity contribution in [2.45, 2.75) is 46.6 Å². The van der Waals surface area contributed by atoms with Crippen LogP contribution in [0.4, 0.5) is 0 Å². The van der Waals surface area contributed by atoms with Gasteiger partial charge in [0.05, 0.1) is 11.4 Å². The standard InChI is InChI=1S/C25H28N4O2/c1-5-9-20-21(14-18-12-8-11-17-10-6-7-13-19(17)18)27-23-22(26-20)24(30)28(4)25(31)29(23)15-16(2)3/h6-8,10-13,16H,5,9,14-15H2,1-4H3. The van der Waals surface area contributed by atoms with Crippen molar-refractivity contribution in [1.29, 1.82) is 0 Å². The summed E-state index contributed by atoms with van der Waals surface area (Å²) in [5.74, 6) is 0.233. The zero-order chi connectivity index (χ0) is 22.1. The van der Waals surface area contributed by atoms with Crippen LogP contribution in [0.25, 0.3) is 21.9 Å². The molecule has 0 aliphatic heterocycles. The predicted octanol–water partition coefficient (Wildman–Crippen LogP) is 3.84. The number of rotatable bonds is 6. The lowest BCUT2D eigenvalue weighted by Crippen LogP contribution is -2.40. The van der Waals surface area contributed by atoms with Crippen molar-refractivity contribution in [1.82, 2.24) is 19.1 Å². The fourth-order valence-electron chi connectivity index (χ4n) is 4.08. The Morgan fingerprint density at radius 2 is 1.71 bits per heavy atom. The second-order valence-electron chi connectivity index (χ2n) is 8.51. The van der Waals surface area contributed by atoms with Crippen LogP contribution in [0, 0.1) is 5.92 Å². The van der Waals surface area contributed by atoms with Crippen LogP contribution in [0.1, 0.15) is 44.1 Å². The lowest BCUT2D eigenvalue weighted by molar-refractivity contribution is 0.498. The van der Waals surface area contributed by atoms with Crippen molar-refractivity contribution < 1.29 is 0 Å². The summed E-state index contributed by atoms with van der Waals surface area (Å²) < 4.78 is 2.73. The number of fused-ring (bicyclic) bond motifs is 2. The summed E-state index contributed by atoms with van der Waals surface area (Å²) in [7, 11) is 1.51. The quantitative estimate of drug-likeness (QED) is 0.479. The van der Waals surface area contributed by atoms with Crippen LogP contribution in [0.5, 0.6) is 0 Å². The minimum atomic E-state index is -0.387. The Morgan fingerprint density at radius 3 is 2.45 bits per heavy atom. The average molecular weight is 417 g/mol. The Hall–Kier alpha value is -3.28. The van der Waals surface area contributed by atoms with Crippen LogP contribution in [0.15, 0.2) is 52.1 Å². The number of aryl methyl sites for hydroxylation is 1. The molecule has 0 spiro atoms. The first kappa shape index (κ1) is 21.0. The average Bonchev–Trinajstić information content (AvgIpc) is 2.76. The molecule has 2 aromatic heterocycles. The van der Waals surface area contributed by atoms with Gasteiger partial charge in [-0.25, -0.2) is 14.8 Å². The van der Waals surface area contributed by atoms with Crippen molar-refractivity contribution in [2.75, 3.05) is 0 Å². The van der Waals surface area contributed by atoms with Gasteiger partial charge in [-0.15, -0.1) is 0 Å². The summed E-state index contributed by atoms with van der Waals surface area (Å²) in [6.07, 6.45) is 2.23. The fraction of sp³-hybridized carbons (Fsp3) is 0.360. The maximum Gasteiger partial charge on any atom is 0.332 e. The van der Waals surface area contributed by atoms with Gasteiger partial charge in [0.2, 0.25) is 0 Å². The smallest absolute Gasteiger partial charge is 0.276 e. The van der Waals surface area contributed by atoms with Gasteiger partial charge in [0.15, 0.2) is 11.2 Å². The Kier molecular flexibility index (Phi) is 5.72. The Bertz CT molecular complexity index is 1380. The van der Waals surface area contributed by atoms with Crippen LogP contribution in [0.3, 0.4) is 0 Å². The van der Waals surface area contributed by atoms with Gasteiger partial charge in [0.1, 0.15) is 0 Å². The first-order chi connectivity index (χ1) is 14.9. The first-order valence-electron chi connectivity index (χ1n) is 10.9. The number of nitrogens with zero attached hydrogens (tertiary/aromatic N) is 4. The molecule has 0 saturated carbocycles. The van der Waals surface area contributed by atoms with Gasteiger partial charge in [-0.3, -0.25) is 13.9 Å². The lowest BCUT2D eigenvalue weighted by atomic mass is 9.99. The van der Waals surface area contributed by atoms with Gasteiger partial charge in [-0.05, 0) is 28.7 Å².